The number of benzene rings is 1. The number of hydrogen-bond donors (Lipinski definition) is 1. The van der Waals surface area contributed by atoms with Crippen LogP contribution in [0.1, 0.15) is 5.56 Å². The quantitative estimate of drug-likeness (QED) is 0.835. The molecule has 0 bridgehead atoms. The van der Waals surface area contributed by atoms with E-state index in [9.17, 15) is 0 Å². The Morgan fingerprint density at radius 2 is 2.06 bits per heavy atom. The Morgan fingerprint density at radius 3 is 2.53 bits per heavy atom. The molecule has 1 aromatic rings. The molecule has 0 aromatic heterocycles. The highest BCUT2D eigenvalue weighted by Crippen LogP contribution is 2.39. The topological polar surface area (TPSA) is 39.7 Å². The van der Waals surface area contributed by atoms with Crippen LogP contribution in [-0.4, -0.2) is 41.0 Å². The van der Waals surface area contributed by atoms with Crippen molar-refractivity contribution in [1.82, 2.24) is 5.32 Å². The fraction of sp³-hybridized carbons (Fsp3) is 0.538. The van der Waals surface area contributed by atoms with E-state index >= 15 is 0 Å². The second kappa shape index (κ2) is 4.94. The number of likely N-dealkylation sites (N-methyl/N-ethyl adjacent to an activating group) is 1. The van der Waals surface area contributed by atoms with Crippen molar-refractivity contribution in [2.45, 2.75) is 5.41 Å². The minimum atomic E-state index is 0.0341. The molecule has 0 amide bonds. The summed E-state index contributed by atoms with van der Waals surface area (Å²) in [6.07, 6.45) is 0. The van der Waals surface area contributed by atoms with Crippen LogP contribution < -0.4 is 14.8 Å². The number of nitrogens with one attached hydrogen (secondary N) is 1. The molecular weight excluding hydrogens is 218 g/mol. The van der Waals surface area contributed by atoms with Crippen molar-refractivity contribution in [2.24, 2.45) is 0 Å². The van der Waals surface area contributed by atoms with E-state index in [1.54, 1.807) is 14.2 Å². The number of hydrogen-bond acceptors (Lipinski definition) is 4. The van der Waals surface area contributed by atoms with Crippen molar-refractivity contribution in [1.29, 1.82) is 0 Å². The Labute approximate surface area is 102 Å². The molecule has 0 saturated carbocycles. The second-order valence-corrected chi connectivity index (χ2v) is 4.37. The molecule has 1 aliphatic heterocycles. The zero-order valence-electron chi connectivity index (χ0n) is 10.6. The lowest BCUT2D eigenvalue weighted by atomic mass is 9.78. The van der Waals surface area contributed by atoms with Gasteiger partial charge >= 0.3 is 0 Å². The summed E-state index contributed by atoms with van der Waals surface area (Å²) in [7, 11) is 5.30. The van der Waals surface area contributed by atoms with Gasteiger partial charge in [0.1, 0.15) is 11.5 Å². The predicted octanol–water partition coefficient (Wildman–Crippen LogP) is 1.19. The van der Waals surface area contributed by atoms with Crippen molar-refractivity contribution in [3.63, 3.8) is 0 Å². The van der Waals surface area contributed by atoms with Crippen molar-refractivity contribution >= 4 is 0 Å². The molecule has 94 valence electrons. The Balaban J connectivity index is 2.36. The van der Waals surface area contributed by atoms with E-state index in [1.807, 2.05) is 19.2 Å². The molecule has 1 N–H and O–H groups in total. The lowest BCUT2D eigenvalue weighted by molar-refractivity contribution is -0.0591. The van der Waals surface area contributed by atoms with Crippen LogP contribution in [0.4, 0.5) is 0 Å². The monoisotopic (exact) mass is 237 g/mol. The lowest BCUT2D eigenvalue weighted by Gasteiger charge is -2.42. The summed E-state index contributed by atoms with van der Waals surface area (Å²) in [6.45, 7) is 2.35. The van der Waals surface area contributed by atoms with Crippen LogP contribution in [0.15, 0.2) is 18.2 Å². The first-order valence-electron chi connectivity index (χ1n) is 5.70. The molecule has 2 rings (SSSR count). The zero-order valence-corrected chi connectivity index (χ0v) is 10.6. The molecule has 4 nitrogen and oxygen atoms in total. The van der Waals surface area contributed by atoms with Gasteiger partial charge in [0.2, 0.25) is 0 Å². The summed E-state index contributed by atoms with van der Waals surface area (Å²) in [5.41, 5.74) is 1.22. The predicted molar refractivity (Wildman–Crippen MR) is 66.0 cm³/mol. The summed E-state index contributed by atoms with van der Waals surface area (Å²) in [5, 5.41) is 3.22. The average molecular weight is 237 g/mol. The lowest BCUT2D eigenvalue weighted by Crippen LogP contribution is -2.53. The SMILES string of the molecule is CNCC1(c2ccc(OC)cc2OC)COC1. The van der Waals surface area contributed by atoms with Gasteiger partial charge in [0, 0.05) is 18.2 Å². The van der Waals surface area contributed by atoms with Crippen molar-refractivity contribution in [3.8, 4) is 11.5 Å². The van der Waals surface area contributed by atoms with Gasteiger partial charge in [-0.15, -0.1) is 0 Å². The summed E-state index contributed by atoms with van der Waals surface area (Å²) in [6, 6.07) is 5.95. The number of rotatable bonds is 5. The molecule has 0 radical (unpaired) electrons. The third kappa shape index (κ3) is 2.10. The maximum Gasteiger partial charge on any atom is 0.126 e. The van der Waals surface area contributed by atoms with Gasteiger partial charge in [-0.3, -0.25) is 0 Å². The van der Waals surface area contributed by atoms with Crippen molar-refractivity contribution in [3.05, 3.63) is 23.8 Å². The van der Waals surface area contributed by atoms with Gasteiger partial charge < -0.3 is 19.5 Å². The minimum Gasteiger partial charge on any atom is -0.497 e. The van der Waals surface area contributed by atoms with Gasteiger partial charge in [0.05, 0.1) is 32.8 Å². The first-order chi connectivity index (χ1) is 8.25. The van der Waals surface area contributed by atoms with Crippen LogP contribution in [-0.2, 0) is 10.2 Å². The highest BCUT2D eigenvalue weighted by atomic mass is 16.5. The Hall–Kier alpha value is -1.26. The first-order valence-corrected chi connectivity index (χ1v) is 5.70. The molecule has 1 aromatic carbocycles. The molecule has 1 saturated heterocycles. The van der Waals surface area contributed by atoms with Gasteiger partial charge in [0.15, 0.2) is 0 Å². The Morgan fingerprint density at radius 1 is 1.29 bits per heavy atom. The molecule has 0 unspecified atom stereocenters. The molecule has 1 fully saturated rings. The first kappa shape index (κ1) is 12.2. The number of ether oxygens (including phenoxy) is 3. The number of methoxy groups -OCH3 is 2. The van der Waals surface area contributed by atoms with E-state index in [1.165, 1.54) is 5.56 Å². The molecule has 0 aliphatic carbocycles. The molecule has 4 heteroatoms. The van der Waals surface area contributed by atoms with Gasteiger partial charge in [0.25, 0.3) is 0 Å². The van der Waals surface area contributed by atoms with Gasteiger partial charge in [-0.1, -0.05) is 6.07 Å². The van der Waals surface area contributed by atoms with Crippen LogP contribution in [0.2, 0.25) is 0 Å². The normalized spacial score (nSPS) is 17.4. The molecule has 0 spiro atoms. The smallest absolute Gasteiger partial charge is 0.126 e. The van der Waals surface area contributed by atoms with Crippen LogP contribution in [0.3, 0.4) is 0 Å². The Bertz CT molecular complexity index is 388. The van der Waals surface area contributed by atoms with Crippen LogP contribution in [0, 0.1) is 0 Å². The van der Waals surface area contributed by atoms with E-state index < -0.39 is 0 Å². The Kier molecular flexibility index (Phi) is 3.54. The van der Waals surface area contributed by atoms with Crippen LogP contribution in [0.25, 0.3) is 0 Å². The van der Waals surface area contributed by atoms with Gasteiger partial charge in [-0.05, 0) is 13.1 Å². The van der Waals surface area contributed by atoms with E-state index in [0.717, 1.165) is 31.3 Å². The fourth-order valence-corrected chi connectivity index (χ4v) is 2.28. The third-order valence-electron chi connectivity index (χ3n) is 3.25. The highest BCUT2D eigenvalue weighted by Gasteiger charge is 2.41. The molecule has 17 heavy (non-hydrogen) atoms. The summed E-state index contributed by atoms with van der Waals surface area (Å²) < 4.78 is 16.0. The average Bonchev–Trinajstić information content (AvgIpc) is 2.33. The van der Waals surface area contributed by atoms with E-state index in [-0.39, 0.29) is 5.41 Å². The fourth-order valence-electron chi connectivity index (χ4n) is 2.28. The van der Waals surface area contributed by atoms with E-state index in [2.05, 4.69) is 11.4 Å². The van der Waals surface area contributed by atoms with Crippen molar-refractivity contribution < 1.29 is 14.2 Å². The van der Waals surface area contributed by atoms with Gasteiger partial charge in [-0.2, -0.15) is 0 Å². The zero-order chi connectivity index (χ0) is 12.3. The summed E-state index contributed by atoms with van der Waals surface area (Å²) in [4.78, 5) is 0. The van der Waals surface area contributed by atoms with Gasteiger partial charge in [-0.25, -0.2) is 0 Å². The minimum absolute atomic E-state index is 0.0341. The van der Waals surface area contributed by atoms with E-state index in [4.69, 9.17) is 14.2 Å². The standard InChI is InChI=1S/C13H19NO3/c1-14-7-13(8-17-9-13)11-5-4-10(15-2)6-12(11)16-3/h4-6,14H,7-9H2,1-3H3. The third-order valence-corrected chi connectivity index (χ3v) is 3.25. The summed E-state index contributed by atoms with van der Waals surface area (Å²) >= 11 is 0. The van der Waals surface area contributed by atoms with Crippen molar-refractivity contribution in [2.75, 3.05) is 41.0 Å². The van der Waals surface area contributed by atoms with Crippen LogP contribution >= 0.6 is 0 Å². The summed E-state index contributed by atoms with van der Waals surface area (Å²) in [5.74, 6) is 1.67. The molecule has 1 heterocycles. The molecular formula is C13H19NO3. The highest BCUT2D eigenvalue weighted by molar-refractivity contribution is 5.46. The van der Waals surface area contributed by atoms with Crippen LogP contribution in [0.5, 0.6) is 11.5 Å². The largest absolute Gasteiger partial charge is 0.497 e. The van der Waals surface area contributed by atoms with E-state index in [0.29, 0.717) is 0 Å². The molecule has 1 aliphatic rings. The molecule has 0 atom stereocenters. The second-order valence-electron chi connectivity index (χ2n) is 4.37. The maximum atomic E-state index is 5.45. The maximum absolute atomic E-state index is 5.45.